The van der Waals surface area contributed by atoms with E-state index >= 15 is 0 Å². The maximum Gasteiger partial charge on any atom is 0.328 e. The summed E-state index contributed by atoms with van der Waals surface area (Å²) < 4.78 is 28.4. The van der Waals surface area contributed by atoms with E-state index in [0.717, 1.165) is 33.1 Å². The predicted octanol–water partition coefficient (Wildman–Crippen LogP) is 4.63. The largest absolute Gasteiger partial charge is 0.328 e. The Morgan fingerprint density at radius 3 is 2.40 bits per heavy atom. The van der Waals surface area contributed by atoms with Gasteiger partial charge >= 0.3 is 6.03 Å². The third-order valence-corrected chi connectivity index (χ3v) is 8.08. The van der Waals surface area contributed by atoms with E-state index in [1.54, 1.807) is 50.4 Å². The minimum absolute atomic E-state index is 0.0653. The first kappa shape index (κ1) is 28.8. The number of carbonyl (C=O) groups excluding carboxylic acids is 4. The van der Waals surface area contributed by atoms with Crippen LogP contribution in [0.4, 0.5) is 25.1 Å². The fourth-order valence-electron chi connectivity index (χ4n) is 5.56. The van der Waals surface area contributed by atoms with Gasteiger partial charge in [-0.05, 0) is 86.2 Å². The highest BCUT2D eigenvalue weighted by Gasteiger charge is 2.57. The Labute approximate surface area is 241 Å². The highest BCUT2D eigenvalue weighted by molar-refractivity contribution is 6.09. The summed E-state index contributed by atoms with van der Waals surface area (Å²) in [5.41, 5.74) is 0.487. The number of anilines is 2. The number of fused-ring (bicyclic) bond motifs is 1. The molecule has 11 heteroatoms. The van der Waals surface area contributed by atoms with E-state index in [2.05, 4.69) is 15.6 Å². The Bertz CT molecular complexity index is 1550. The van der Waals surface area contributed by atoms with Crippen LogP contribution in [0.5, 0.6) is 0 Å². The summed E-state index contributed by atoms with van der Waals surface area (Å²) in [5.74, 6) is -3.01. The van der Waals surface area contributed by atoms with Gasteiger partial charge < -0.3 is 10.6 Å². The van der Waals surface area contributed by atoms with Crippen molar-refractivity contribution >= 4 is 35.3 Å². The van der Waals surface area contributed by atoms with E-state index in [-0.39, 0.29) is 17.4 Å². The first-order chi connectivity index (χ1) is 20.0. The molecule has 218 valence electrons. The molecule has 0 saturated carbocycles. The molecule has 2 heterocycles. The molecule has 2 N–H and O–H groups in total. The number of rotatable bonds is 8. The molecule has 2 aromatic carbocycles. The van der Waals surface area contributed by atoms with E-state index in [1.165, 1.54) is 6.92 Å². The summed E-state index contributed by atoms with van der Waals surface area (Å²) in [6.07, 6.45) is 3.08. The Morgan fingerprint density at radius 1 is 1.02 bits per heavy atom. The fraction of sp³-hybridized carbons (Fsp3) is 0.323. The topological polar surface area (TPSA) is 112 Å². The molecule has 5 amide bonds. The Kier molecular flexibility index (Phi) is 7.77. The highest BCUT2D eigenvalue weighted by Crippen LogP contribution is 2.39. The number of pyridine rings is 1. The summed E-state index contributed by atoms with van der Waals surface area (Å²) in [5, 5.41) is 5.59. The smallest absolute Gasteiger partial charge is 0.325 e. The van der Waals surface area contributed by atoms with E-state index in [9.17, 15) is 28.0 Å². The maximum atomic E-state index is 14.2. The number of hydrogen-bond acceptors (Lipinski definition) is 5. The van der Waals surface area contributed by atoms with E-state index < -0.39 is 47.6 Å². The van der Waals surface area contributed by atoms with Gasteiger partial charge in [0.15, 0.2) is 0 Å². The van der Waals surface area contributed by atoms with Gasteiger partial charge in [-0.2, -0.15) is 0 Å². The summed E-state index contributed by atoms with van der Waals surface area (Å²) in [7, 11) is 0. The Balaban J connectivity index is 1.33. The molecule has 3 atom stereocenters. The number of aromatic nitrogens is 1. The molecule has 42 heavy (non-hydrogen) atoms. The quantitative estimate of drug-likeness (QED) is 0.381. The van der Waals surface area contributed by atoms with Gasteiger partial charge in [0.2, 0.25) is 11.8 Å². The molecule has 2 aliphatic rings. The minimum Gasteiger partial charge on any atom is -0.325 e. The van der Waals surface area contributed by atoms with Gasteiger partial charge in [-0.1, -0.05) is 19.1 Å². The molecule has 9 nitrogen and oxygen atoms in total. The number of urea groups is 1. The standard InChI is InChI=1S/C31H31F2N5O4/c1-4-18(2)38-29(41)31(3,22-14-23(32)16-24(33)15-22)37(30(38)42)17-27(39)35-25-9-8-19-11-21(12-20(19)13-25)28(40)36-26-7-5-6-10-34-26/h5-10,13-16,18,21H,4,11-12,17H2,1-3H3,(H,35,39)(H,34,36,40). The lowest BCUT2D eigenvalue weighted by Crippen LogP contribution is -2.47. The van der Waals surface area contributed by atoms with Crippen LogP contribution in [-0.2, 0) is 32.8 Å². The zero-order chi connectivity index (χ0) is 30.2. The van der Waals surface area contributed by atoms with Crippen molar-refractivity contribution in [3.63, 3.8) is 0 Å². The molecular weight excluding hydrogens is 544 g/mol. The Hall–Kier alpha value is -4.67. The third-order valence-electron chi connectivity index (χ3n) is 8.08. The molecule has 3 aromatic rings. The second-order valence-electron chi connectivity index (χ2n) is 10.9. The lowest BCUT2D eigenvalue weighted by Gasteiger charge is -2.31. The van der Waals surface area contributed by atoms with Gasteiger partial charge in [-0.3, -0.25) is 24.2 Å². The second kappa shape index (κ2) is 11.3. The average molecular weight is 576 g/mol. The molecular formula is C31H31F2N5O4. The van der Waals surface area contributed by atoms with Crippen molar-refractivity contribution in [1.82, 2.24) is 14.8 Å². The van der Waals surface area contributed by atoms with E-state index in [0.29, 0.717) is 36.8 Å². The van der Waals surface area contributed by atoms with Crippen molar-refractivity contribution in [3.05, 3.63) is 89.1 Å². The number of halogens is 2. The van der Waals surface area contributed by atoms with Crippen molar-refractivity contribution in [2.75, 3.05) is 17.2 Å². The molecule has 1 aliphatic carbocycles. The summed E-state index contributed by atoms with van der Waals surface area (Å²) in [4.78, 5) is 59.3. The number of hydrogen-bond donors (Lipinski definition) is 2. The van der Waals surface area contributed by atoms with Crippen LogP contribution in [0.3, 0.4) is 0 Å². The molecule has 1 saturated heterocycles. The van der Waals surface area contributed by atoms with Gasteiger partial charge in [0.1, 0.15) is 29.5 Å². The average Bonchev–Trinajstić information content (AvgIpc) is 3.46. The lowest BCUT2D eigenvalue weighted by atomic mass is 9.89. The number of amides is 5. The predicted molar refractivity (Wildman–Crippen MR) is 151 cm³/mol. The van der Waals surface area contributed by atoms with Crippen molar-refractivity contribution in [2.45, 2.75) is 51.6 Å². The first-order valence-corrected chi connectivity index (χ1v) is 13.8. The number of carbonyl (C=O) groups is 4. The summed E-state index contributed by atoms with van der Waals surface area (Å²) >= 11 is 0. The van der Waals surface area contributed by atoms with Gasteiger partial charge in [0.25, 0.3) is 5.91 Å². The fourth-order valence-corrected chi connectivity index (χ4v) is 5.56. The van der Waals surface area contributed by atoms with Gasteiger partial charge in [0, 0.05) is 29.9 Å². The van der Waals surface area contributed by atoms with Gasteiger partial charge in [0.05, 0.1) is 0 Å². The number of benzene rings is 2. The number of nitrogens with zero attached hydrogens (tertiary/aromatic N) is 3. The monoisotopic (exact) mass is 575 g/mol. The van der Waals surface area contributed by atoms with Gasteiger partial charge in [-0.15, -0.1) is 0 Å². The molecule has 0 bridgehead atoms. The molecule has 0 spiro atoms. The van der Waals surface area contributed by atoms with Crippen LogP contribution in [0.1, 0.15) is 43.9 Å². The second-order valence-corrected chi connectivity index (χ2v) is 10.9. The lowest BCUT2D eigenvalue weighted by molar-refractivity contribution is -0.134. The Morgan fingerprint density at radius 2 is 1.74 bits per heavy atom. The van der Waals surface area contributed by atoms with Crippen LogP contribution in [-0.4, -0.2) is 51.1 Å². The van der Waals surface area contributed by atoms with Crippen LogP contribution in [0.25, 0.3) is 0 Å². The molecule has 5 rings (SSSR count). The van der Waals surface area contributed by atoms with Crippen molar-refractivity contribution < 1.29 is 28.0 Å². The summed E-state index contributed by atoms with van der Waals surface area (Å²) in [6, 6.07) is 12.1. The minimum atomic E-state index is -1.80. The van der Waals surface area contributed by atoms with Crippen LogP contribution in [0.15, 0.2) is 60.8 Å². The normalized spacial score (nSPS) is 20.5. The van der Waals surface area contributed by atoms with Crippen LogP contribution in [0.2, 0.25) is 0 Å². The maximum absolute atomic E-state index is 14.2. The van der Waals surface area contributed by atoms with Crippen LogP contribution in [0, 0.1) is 17.6 Å². The van der Waals surface area contributed by atoms with E-state index in [1.807, 2.05) is 6.07 Å². The summed E-state index contributed by atoms with van der Waals surface area (Å²) in [6.45, 7) is 4.36. The van der Waals surface area contributed by atoms with E-state index in [4.69, 9.17) is 0 Å². The molecule has 3 unspecified atom stereocenters. The molecule has 1 fully saturated rings. The first-order valence-electron chi connectivity index (χ1n) is 13.8. The third kappa shape index (κ3) is 5.34. The number of imide groups is 1. The SMILES string of the molecule is CCC(C)N1C(=O)N(CC(=O)Nc2ccc3c(c2)CC(C(=O)Nc2ccccn2)C3)C(C)(c2cc(F)cc(F)c2)C1=O. The van der Waals surface area contributed by atoms with Gasteiger partial charge in [-0.25, -0.2) is 18.6 Å². The van der Waals surface area contributed by atoms with Crippen molar-refractivity contribution in [2.24, 2.45) is 5.92 Å². The van der Waals surface area contributed by atoms with Crippen LogP contribution < -0.4 is 10.6 Å². The van der Waals surface area contributed by atoms with Crippen molar-refractivity contribution in [3.8, 4) is 0 Å². The zero-order valence-corrected chi connectivity index (χ0v) is 23.5. The number of nitrogens with one attached hydrogen (secondary N) is 2. The molecule has 0 radical (unpaired) electrons. The zero-order valence-electron chi connectivity index (χ0n) is 23.5. The van der Waals surface area contributed by atoms with Crippen molar-refractivity contribution in [1.29, 1.82) is 0 Å². The van der Waals surface area contributed by atoms with Crippen LogP contribution >= 0.6 is 0 Å². The molecule has 1 aromatic heterocycles. The highest BCUT2D eigenvalue weighted by atomic mass is 19.1. The molecule has 1 aliphatic heterocycles.